The van der Waals surface area contributed by atoms with Gasteiger partial charge in [0.2, 0.25) is 5.91 Å². The van der Waals surface area contributed by atoms with Crippen LogP contribution in [0, 0.1) is 5.92 Å². The number of aliphatic carboxylic acids is 3. The summed E-state index contributed by atoms with van der Waals surface area (Å²) in [6, 6.07) is 0. The maximum absolute atomic E-state index is 10.8. The number of amides is 1. The summed E-state index contributed by atoms with van der Waals surface area (Å²) in [5.74, 6) is -3.89. The molecule has 1 unspecified atom stereocenters. The first kappa shape index (κ1) is 16.6. The van der Waals surface area contributed by atoms with E-state index in [1.807, 2.05) is 0 Å². The number of carboxylic acid groups (broad SMARTS) is 3. The van der Waals surface area contributed by atoms with Crippen molar-refractivity contribution in [2.24, 2.45) is 5.92 Å². The maximum atomic E-state index is 10.8. The fourth-order valence-electron chi connectivity index (χ4n) is 1.29. The van der Waals surface area contributed by atoms with Crippen molar-refractivity contribution >= 4 is 23.8 Å². The van der Waals surface area contributed by atoms with E-state index in [9.17, 15) is 19.2 Å². The molecule has 1 aliphatic rings. The van der Waals surface area contributed by atoms with Crippen LogP contribution < -0.4 is 0 Å². The number of likely N-dealkylation sites (tertiary alicyclic amines) is 1. The number of rotatable bonds is 4. The molecule has 0 bridgehead atoms. The number of carbonyl (C=O) groups excluding carboxylic acids is 1. The van der Waals surface area contributed by atoms with E-state index < -0.39 is 30.2 Å². The number of nitrogens with zero attached hydrogens (tertiary/aromatic N) is 1. The lowest BCUT2D eigenvalue weighted by Crippen LogP contribution is -2.20. The summed E-state index contributed by atoms with van der Waals surface area (Å²) < 4.78 is 0. The Balaban J connectivity index is 0.000000344. The second-order valence-electron chi connectivity index (χ2n) is 3.99. The highest BCUT2D eigenvalue weighted by atomic mass is 16.4. The summed E-state index contributed by atoms with van der Waals surface area (Å²) in [6.07, 6.45) is -0.346. The molecule has 1 fully saturated rings. The molecule has 1 aliphatic heterocycles. The first-order valence-corrected chi connectivity index (χ1v) is 5.24. The predicted octanol–water partition coefficient (Wildman–Crippen LogP) is -0.349. The van der Waals surface area contributed by atoms with Gasteiger partial charge in [-0.05, 0) is 0 Å². The van der Waals surface area contributed by atoms with Crippen LogP contribution >= 0.6 is 0 Å². The Labute approximate surface area is 108 Å². The number of hydrogen-bond acceptors (Lipinski definition) is 4. The van der Waals surface area contributed by atoms with Crippen LogP contribution in [0.5, 0.6) is 0 Å². The molecule has 0 saturated carbocycles. The molecule has 0 aromatic carbocycles. The first-order valence-electron chi connectivity index (χ1n) is 5.24. The molecule has 19 heavy (non-hydrogen) atoms. The third-order valence-electron chi connectivity index (χ3n) is 2.36. The first-order chi connectivity index (χ1) is 8.65. The maximum Gasteiger partial charge on any atom is 0.331 e. The summed E-state index contributed by atoms with van der Waals surface area (Å²) in [4.78, 5) is 42.2. The molecule has 8 nitrogen and oxygen atoms in total. The second-order valence-corrected chi connectivity index (χ2v) is 3.99. The van der Waals surface area contributed by atoms with E-state index >= 15 is 0 Å². The second kappa shape index (κ2) is 7.14. The van der Waals surface area contributed by atoms with Gasteiger partial charge in [-0.15, -0.1) is 0 Å². The molecule has 0 aromatic heterocycles. The molecular weight excluding hydrogens is 258 g/mol. The fraction of sp³-hybridized carbons (Fsp3) is 0.455. The van der Waals surface area contributed by atoms with Crippen molar-refractivity contribution in [3.8, 4) is 0 Å². The number of hydrogen-bond donors (Lipinski definition) is 3. The van der Waals surface area contributed by atoms with Crippen LogP contribution in [-0.2, 0) is 19.2 Å². The molecule has 1 saturated heterocycles. The van der Waals surface area contributed by atoms with E-state index in [1.165, 1.54) is 4.90 Å². The monoisotopic (exact) mass is 273 g/mol. The average Bonchev–Trinajstić information content (AvgIpc) is 2.59. The molecule has 1 atom stereocenters. The Hall–Kier alpha value is -2.38. The molecule has 0 aliphatic carbocycles. The van der Waals surface area contributed by atoms with Gasteiger partial charge in [0.05, 0.1) is 12.3 Å². The zero-order valence-electron chi connectivity index (χ0n) is 10.3. The third kappa shape index (κ3) is 6.20. The highest BCUT2D eigenvalue weighted by Gasteiger charge is 2.31. The van der Waals surface area contributed by atoms with Crippen LogP contribution in [0.15, 0.2) is 12.2 Å². The van der Waals surface area contributed by atoms with Crippen LogP contribution in [0.4, 0.5) is 0 Å². The minimum absolute atomic E-state index is 0.0765. The molecule has 0 radical (unpaired) electrons. The fourth-order valence-corrected chi connectivity index (χ4v) is 1.29. The van der Waals surface area contributed by atoms with Gasteiger partial charge in [0.15, 0.2) is 0 Å². The SMILES string of the molecule is C=C(CC(=O)O)C(=O)O.CN1CC(C(=O)O)CC1=O. The van der Waals surface area contributed by atoms with Crippen molar-refractivity contribution in [3.05, 3.63) is 12.2 Å². The van der Waals surface area contributed by atoms with E-state index in [1.54, 1.807) is 7.05 Å². The summed E-state index contributed by atoms with van der Waals surface area (Å²) in [6.45, 7) is 3.37. The lowest BCUT2D eigenvalue weighted by atomic mass is 10.1. The topological polar surface area (TPSA) is 132 Å². The van der Waals surface area contributed by atoms with Gasteiger partial charge in [-0.1, -0.05) is 6.58 Å². The Bertz CT molecular complexity index is 415. The minimum Gasteiger partial charge on any atom is -0.481 e. The Kier molecular flexibility index (Phi) is 6.25. The highest BCUT2D eigenvalue weighted by molar-refractivity contribution is 5.91. The number of carboxylic acids is 3. The molecular formula is C11H15NO7. The molecule has 0 spiro atoms. The van der Waals surface area contributed by atoms with E-state index in [4.69, 9.17) is 15.3 Å². The van der Waals surface area contributed by atoms with Crippen LogP contribution in [-0.4, -0.2) is 57.6 Å². The average molecular weight is 273 g/mol. The van der Waals surface area contributed by atoms with Crippen LogP contribution in [0.3, 0.4) is 0 Å². The predicted molar refractivity (Wildman–Crippen MR) is 62.4 cm³/mol. The van der Waals surface area contributed by atoms with Crippen molar-refractivity contribution in [1.82, 2.24) is 4.90 Å². The zero-order chi connectivity index (χ0) is 15.2. The lowest BCUT2D eigenvalue weighted by molar-refractivity contribution is -0.141. The van der Waals surface area contributed by atoms with Gasteiger partial charge in [-0.2, -0.15) is 0 Å². The quantitative estimate of drug-likeness (QED) is 0.596. The summed E-state index contributed by atoms with van der Waals surface area (Å²) >= 11 is 0. The highest BCUT2D eigenvalue weighted by Crippen LogP contribution is 2.15. The Morgan fingerprint density at radius 1 is 1.32 bits per heavy atom. The molecule has 1 rings (SSSR count). The van der Waals surface area contributed by atoms with E-state index in [0.29, 0.717) is 6.54 Å². The molecule has 1 amide bonds. The molecule has 106 valence electrons. The van der Waals surface area contributed by atoms with Crippen LogP contribution in [0.2, 0.25) is 0 Å². The van der Waals surface area contributed by atoms with E-state index in [-0.39, 0.29) is 17.9 Å². The lowest BCUT2D eigenvalue weighted by Gasteiger charge is -2.05. The number of carbonyl (C=O) groups is 4. The van der Waals surface area contributed by atoms with Crippen LogP contribution in [0.1, 0.15) is 12.8 Å². The van der Waals surface area contributed by atoms with Crippen LogP contribution in [0.25, 0.3) is 0 Å². The normalized spacial score (nSPS) is 17.4. The standard InChI is InChI=1S/C6H9NO3.C5H6O4/c1-7-3-4(6(9)10)2-5(7)8;1-3(5(8)9)2-4(6)7/h4H,2-3H2,1H3,(H,9,10);1-2H2,(H,6,7)(H,8,9). The van der Waals surface area contributed by atoms with Crippen molar-refractivity contribution in [2.75, 3.05) is 13.6 Å². The summed E-state index contributed by atoms with van der Waals surface area (Å²) in [7, 11) is 1.62. The van der Waals surface area contributed by atoms with Gasteiger partial charge in [0.1, 0.15) is 0 Å². The van der Waals surface area contributed by atoms with Gasteiger partial charge in [0, 0.05) is 25.6 Å². The Morgan fingerprint density at radius 3 is 2.00 bits per heavy atom. The molecule has 8 heteroatoms. The van der Waals surface area contributed by atoms with Crippen molar-refractivity contribution in [1.29, 1.82) is 0 Å². The van der Waals surface area contributed by atoms with Gasteiger partial charge in [0.25, 0.3) is 0 Å². The van der Waals surface area contributed by atoms with E-state index in [0.717, 1.165) is 0 Å². The van der Waals surface area contributed by atoms with Gasteiger partial charge >= 0.3 is 17.9 Å². The van der Waals surface area contributed by atoms with Gasteiger partial charge in [-0.3, -0.25) is 14.4 Å². The summed E-state index contributed by atoms with van der Waals surface area (Å²) in [5, 5.41) is 24.5. The van der Waals surface area contributed by atoms with Crippen molar-refractivity contribution in [2.45, 2.75) is 12.8 Å². The van der Waals surface area contributed by atoms with Crippen molar-refractivity contribution in [3.63, 3.8) is 0 Å². The smallest absolute Gasteiger partial charge is 0.331 e. The third-order valence-corrected chi connectivity index (χ3v) is 2.36. The van der Waals surface area contributed by atoms with Gasteiger partial charge in [-0.25, -0.2) is 4.79 Å². The minimum atomic E-state index is -1.27. The van der Waals surface area contributed by atoms with E-state index in [2.05, 4.69) is 6.58 Å². The molecule has 0 aromatic rings. The van der Waals surface area contributed by atoms with Gasteiger partial charge < -0.3 is 20.2 Å². The zero-order valence-corrected chi connectivity index (χ0v) is 10.3. The molecule has 3 N–H and O–H groups in total. The van der Waals surface area contributed by atoms with Crippen molar-refractivity contribution < 1.29 is 34.5 Å². The molecule has 1 heterocycles. The summed E-state index contributed by atoms with van der Waals surface area (Å²) in [5.41, 5.74) is -0.303. The largest absolute Gasteiger partial charge is 0.481 e. The Morgan fingerprint density at radius 2 is 1.84 bits per heavy atom.